The Balaban J connectivity index is 0.000000346. The van der Waals surface area contributed by atoms with E-state index in [1.807, 2.05) is 44.2 Å². The minimum Gasteiger partial charge on any atom is -0.744 e. The number of aryl methyl sites for hydroxylation is 1. The van der Waals surface area contributed by atoms with Crippen molar-refractivity contribution in [3.8, 4) is 0 Å². The molecular weight excluding hydrogens is 508 g/mol. The minimum atomic E-state index is -4.83. The van der Waals surface area contributed by atoms with E-state index in [1.54, 1.807) is 24.4 Å². The number of nitrogens with two attached hydrogens (primary N) is 1. The van der Waals surface area contributed by atoms with Crippen LogP contribution in [-0.4, -0.2) is 13.0 Å². The number of benzene rings is 3. The lowest BCUT2D eigenvalue weighted by Crippen LogP contribution is -2.85. The zero-order valence-corrected chi connectivity index (χ0v) is 20.4. The third-order valence-electron chi connectivity index (χ3n) is 5.35. The molecule has 0 amide bonds. The SMILES string of the molecule is CC([NH2+][C@@H](C)c1ccccc1)c1cc(C(F)(F)F)cc(C(F)(F)F)c1.Cc1ccc(S(=O)(=O)[O-])cc1. The Labute approximate surface area is 205 Å². The van der Waals surface area contributed by atoms with Crippen LogP contribution < -0.4 is 5.32 Å². The Morgan fingerprint density at radius 1 is 0.722 bits per heavy atom. The molecule has 0 heterocycles. The summed E-state index contributed by atoms with van der Waals surface area (Å²) >= 11 is 0. The van der Waals surface area contributed by atoms with E-state index in [0.29, 0.717) is 0 Å². The van der Waals surface area contributed by atoms with Gasteiger partial charge in [-0.15, -0.1) is 0 Å². The van der Waals surface area contributed by atoms with Crippen molar-refractivity contribution in [2.45, 2.75) is 50.1 Å². The van der Waals surface area contributed by atoms with E-state index in [4.69, 9.17) is 0 Å². The van der Waals surface area contributed by atoms with Gasteiger partial charge in [0, 0.05) is 11.1 Å². The maximum Gasteiger partial charge on any atom is 0.416 e. The van der Waals surface area contributed by atoms with Crippen LogP contribution in [0.1, 0.15) is 53.7 Å². The van der Waals surface area contributed by atoms with Gasteiger partial charge in [0.2, 0.25) is 0 Å². The van der Waals surface area contributed by atoms with Gasteiger partial charge in [-0.3, -0.25) is 0 Å². The lowest BCUT2D eigenvalue weighted by Gasteiger charge is -2.20. The number of hydrogen-bond acceptors (Lipinski definition) is 3. The van der Waals surface area contributed by atoms with Crippen LogP contribution in [0.15, 0.2) is 77.7 Å². The van der Waals surface area contributed by atoms with Gasteiger partial charge >= 0.3 is 12.4 Å². The molecule has 1 unspecified atom stereocenters. The molecule has 0 aliphatic carbocycles. The van der Waals surface area contributed by atoms with Crippen molar-refractivity contribution < 1.29 is 44.6 Å². The summed E-state index contributed by atoms with van der Waals surface area (Å²) < 4.78 is 109. The molecule has 2 N–H and O–H groups in total. The highest BCUT2D eigenvalue weighted by molar-refractivity contribution is 7.85. The normalized spacial score (nSPS) is 13.9. The molecule has 4 nitrogen and oxygen atoms in total. The molecule has 0 radical (unpaired) electrons. The smallest absolute Gasteiger partial charge is 0.416 e. The lowest BCUT2D eigenvalue weighted by molar-refractivity contribution is -0.728. The van der Waals surface area contributed by atoms with E-state index in [-0.39, 0.29) is 22.6 Å². The third kappa shape index (κ3) is 8.65. The van der Waals surface area contributed by atoms with Gasteiger partial charge in [0.25, 0.3) is 0 Å². The number of hydrogen-bond donors (Lipinski definition) is 1. The minimum absolute atomic E-state index is 0.00932. The molecule has 196 valence electrons. The summed E-state index contributed by atoms with van der Waals surface area (Å²) in [5, 5.41) is 1.74. The number of quaternary nitrogens is 1. The molecule has 0 aliphatic rings. The van der Waals surface area contributed by atoms with Crippen LogP contribution in [0.25, 0.3) is 0 Å². The van der Waals surface area contributed by atoms with Crippen molar-refractivity contribution >= 4 is 10.1 Å². The van der Waals surface area contributed by atoms with Gasteiger partial charge in [0.05, 0.1) is 16.0 Å². The average molecular weight is 534 g/mol. The Kier molecular flexibility index (Phi) is 9.33. The summed E-state index contributed by atoms with van der Waals surface area (Å²) in [6.07, 6.45) is -9.67. The topological polar surface area (TPSA) is 73.8 Å². The van der Waals surface area contributed by atoms with Crippen molar-refractivity contribution in [1.29, 1.82) is 0 Å². The fourth-order valence-electron chi connectivity index (χ4n) is 3.36. The first-order valence-corrected chi connectivity index (χ1v) is 12.1. The monoisotopic (exact) mass is 533 g/mol. The average Bonchev–Trinajstić information content (AvgIpc) is 2.78. The Morgan fingerprint density at radius 3 is 1.58 bits per heavy atom. The molecule has 3 aromatic carbocycles. The Bertz CT molecular complexity index is 1210. The van der Waals surface area contributed by atoms with Gasteiger partial charge in [-0.05, 0) is 51.1 Å². The second kappa shape index (κ2) is 11.4. The molecular formula is C25H25F6NO3S. The quantitative estimate of drug-likeness (QED) is 0.323. The van der Waals surface area contributed by atoms with E-state index >= 15 is 0 Å². The fraction of sp³-hybridized carbons (Fsp3) is 0.280. The van der Waals surface area contributed by atoms with E-state index < -0.39 is 39.6 Å². The predicted molar refractivity (Wildman–Crippen MR) is 121 cm³/mol. The Morgan fingerprint density at radius 2 is 1.17 bits per heavy atom. The van der Waals surface area contributed by atoms with Crippen molar-refractivity contribution in [2.75, 3.05) is 0 Å². The summed E-state index contributed by atoms with van der Waals surface area (Å²) in [5.41, 5.74) is -0.713. The van der Waals surface area contributed by atoms with Crippen molar-refractivity contribution in [3.63, 3.8) is 0 Å². The zero-order chi connectivity index (χ0) is 27.3. The maximum atomic E-state index is 12.9. The van der Waals surface area contributed by atoms with Crippen molar-refractivity contribution in [2.24, 2.45) is 0 Å². The number of rotatable bonds is 5. The van der Waals surface area contributed by atoms with Crippen molar-refractivity contribution in [1.82, 2.24) is 0 Å². The van der Waals surface area contributed by atoms with Crippen LogP contribution in [0, 0.1) is 6.92 Å². The molecule has 3 rings (SSSR count). The highest BCUT2D eigenvalue weighted by Gasteiger charge is 2.37. The summed E-state index contributed by atoms with van der Waals surface area (Å²) in [5.74, 6) is 0. The lowest BCUT2D eigenvalue weighted by atomic mass is 9.99. The fourth-order valence-corrected chi connectivity index (χ4v) is 3.83. The first-order valence-electron chi connectivity index (χ1n) is 10.7. The van der Waals surface area contributed by atoms with E-state index in [1.165, 1.54) is 12.1 Å². The Hall–Kier alpha value is -2.89. The van der Waals surface area contributed by atoms with Crippen LogP contribution in [-0.2, 0) is 22.5 Å². The third-order valence-corrected chi connectivity index (χ3v) is 6.20. The van der Waals surface area contributed by atoms with Gasteiger partial charge in [0.15, 0.2) is 0 Å². The van der Waals surface area contributed by atoms with Crippen LogP contribution in [0.2, 0.25) is 0 Å². The predicted octanol–water partition coefficient (Wildman–Crippen LogP) is 6.01. The largest absolute Gasteiger partial charge is 0.744 e. The summed E-state index contributed by atoms with van der Waals surface area (Å²) in [6, 6.07) is 16.0. The van der Waals surface area contributed by atoms with Crippen LogP contribution in [0.3, 0.4) is 0 Å². The molecule has 0 saturated carbocycles. The molecule has 3 aromatic rings. The maximum absolute atomic E-state index is 12.9. The van der Waals surface area contributed by atoms with Gasteiger partial charge < -0.3 is 9.87 Å². The highest BCUT2D eigenvalue weighted by Crippen LogP contribution is 2.37. The number of alkyl halides is 6. The van der Waals surface area contributed by atoms with Gasteiger partial charge in [0.1, 0.15) is 22.2 Å². The summed E-state index contributed by atoms with van der Waals surface area (Å²) in [4.78, 5) is -0.178. The number of halogens is 6. The van der Waals surface area contributed by atoms with Crippen LogP contribution >= 0.6 is 0 Å². The van der Waals surface area contributed by atoms with Crippen LogP contribution in [0.4, 0.5) is 26.3 Å². The zero-order valence-electron chi connectivity index (χ0n) is 19.6. The molecule has 0 spiro atoms. The van der Waals surface area contributed by atoms with Gasteiger partial charge in [-0.2, -0.15) is 26.3 Å². The second-order valence-corrected chi connectivity index (χ2v) is 9.67. The molecule has 0 fully saturated rings. The summed E-state index contributed by atoms with van der Waals surface area (Å²) in [7, 11) is -4.27. The molecule has 0 bridgehead atoms. The molecule has 0 aromatic heterocycles. The van der Waals surface area contributed by atoms with Crippen LogP contribution in [0.5, 0.6) is 0 Å². The molecule has 11 heteroatoms. The summed E-state index contributed by atoms with van der Waals surface area (Å²) in [6.45, 7) is 5.26. The first kappa shape index (κ1) is 29.3. The van der Waals surface area contributed by atoms with Gasteiger partial charge in [-0.25, -0.2) is 8.42 Å². The highest BCUT2D eigenvalue weighted by atomic mass is 32.2. The molecule has 36 heavy (non-hydrogen) atoms. The molecule has 0 aliphatic heterocycles. The standard InChI is InChI=1S/C18H17F6N.C7H8O3S/c1-11(13-6-4-3-5-7-13)25-12(2)14-8-15(17(19,20)21)10-16(9-14)18(22,23)24;1-6-2-4-7(5-3-6)11(8,9)10/h3-12,25H,1-2H3;2-5H,1H3,(H,8,9,10)/t11-,12?;/m0./s1. The van der Waals surface area contributed by atoms with E-state index in [2.05, 4.69) is 0 Å². The molecule has 0 saturated heterocycles. The molecule has 2 atom stereocenters. The second-order valence-electron chi connectivity index (χ2n) is 8.29. The van der Waals surface area contributed by atoms with E-state index in [0.717, 1.165) is 23.3 Å². The van der Waals surface area contributed by atoms with E-state index in [9.17, 15) is 39.3 Å². The van der Waals surface area contributed by atoms with Crippen molar-refractivity contribution in [3.05, 3.63) is 101 Å². The van der Waals surface area contributed by atoms with Gasteiger partial charge in [-0.1, -0.05) is 48.0 Å². The first-order chi connectivity index (χ1) is 16.5.